The lowest BCUT2D eigenvalue weighted by Gasteiger charge is -2.19. The van der Waals surface area contributed by atoms with Crippen LogP contribution in [0.1, 0.15) is 13.3 Å². The molecule has 1 atom stereocenters. The summed E-state index contributed by atoms with van der Waals surface area (Å²) >= 11 is 0. The van der Waals surface area contributed by atoms with Gasteiger partial charge < -0.3 is 5.11 Å². The SMILES string of the molecule is Cn1nccc1S(=O)(=O)N1CCC(C)(C(=O)O)C1. The van der Waals surface area contributed by atoms with E-state index in [0.717, 1.165) is 0 Å². The van der Waals surface area contributed by atoms with Crippen LogP contribution in [0.15, 0.2) is 17.3 Å². The highest BCUT2D eigenvalue weighted by Crippen LogP contribution is 2.33. The Morgan fingerprint density at radius 2 is 2.22 bits per heavy atom. The maximum atomic E-state index is 12.3. The lowest BCUT2D eigenvalue weighted by Crippen LogP contribution is -2.35. The van der Waals surface area contributed by atoms with Crippen LogP contribution in [0.2, 0.25) is 0 Å². The molecule has 0 saturated carbocycles. The Labute approximate surface area is 105 Å². The summed E-state index contributed by atoms with van der Waals surface area (Å²) in [5, 5.41) is 13.0. The molecule has 1 aliphatic rings. The summed E-state index contributed by atoms with van der Waals surface area (Å²) in [5.41, 5.74) is -1.01. The van der Waals surface area contributed by atoms with E-state index in [-0.39, 0.29) is 18.1 Å². The van der Waals surface area contributed by atoms with Crippen LogP contribution in [0.3, 0.4) is 0 Å². The molecule has 0 amide bonds. The smallest absolute Gasteiger partial charge is 0.310 e. The molecule has 1 fully saturated rings. The predicted molar refractivity (Wildman–Crippen MR) is 62.3 cm³/mol. The summed E-state index contributed by atoms with van der Waals surface area (Å²) in [6.45, 7) is 1.78. The first-order valence-corrected chi connectivity index (χ1v) is 6.93. The second-order valence-electron chi connectivity index (χ2n) is 4.75. The molecule has 1 aromatic heterocycles. The van der Waals surface area contributed by atoms with Crippen molar-refractivity contribution in [3.8, 4) is 0 Å². The molecule has 18 heavy (non-hydrogen) atoms. The quantitative estimate of drug-likeness (QED) is 0.830. The van der Waals surface area contributed by atoms with E-state index in [1.54, 1.807) is 14.0 Å². The number of aryl methyl sites for hydroxylation is 1. The third-order valence-electron chi connectivity index (χ3n) is 3.33. The molecule has 0 bridgehead atoms. The zero-order valence-electron chi connectivity index (χ0n) is 10.2. The number of nitrogens with zero attached hydrogens (tertiary/aromatic N) is 3. The van der Waals surface area contributed by atoms with Gasteiger partial charge in [0.2, 0.25) is 0 Å². The number of sulfonamides is 1. The van der Waals surface area contributed by atoms with Crippen molar-refractivity contribution < 1.29 is 18.3 Å². The topological polar surface area (TPSA) is 92.5 Å². The molecule has 0 spiro atoms. The van der Waals surface area contributed by atoms with E-state index >= 15 is 0 Å². The fourth-order valence-electron chi connectivity index (χ4n) is 2.05. The number of hydrogen-bond acceptors (Lipinski definition) is 4. The van der Waals surface area contributed by atoms with Gasteiger partial charge in [-0.05, 0) is 19.4 Å². The van der Waals surface area contributed by atoms with Crippen LogP contribution in [0, 0.1) is 5.41 Å². The number of rotatable bonds is 3. The molecule has 0 radical (unpaired) electrons. The van der Waals surface area contributed by atoms with Gasteiger partial charge in [-0.25, -0.2) is 8.42 Å². The molecule has 8 heteroatoms. The van der Waals surface area contributed by atoms with E-state index in [0.29, 0.717) is 6.42 Å². The Bertz CT molecular complexity index is 580. The molecule has 1 N–H and O–H groups in total. The van der Waals surface area contributed by atoms with Gasteiger partial charge in [0, 0.05) is 20.1 Å². The van der Waals surface area contributed by atoms with Crippen LogP contribution >= 0.6 is 0 Å². The third-order valence-corrected chi connectivity index (χ3v) is 5.26. The van der Waals surface area contributed by atoms with Crippen molar-refractivity contribution in [1.82, 2.24) is 14.1 Å². The summed E-state index contributed by atoms with van der Waals surface area (Å²) in [6.07, 6.45) is 1.72. The summed E-state index contributed by atoms with van der Waals surface area (Å²) in [4.78, 5) is 11.1. The number of hydrogen-bond donors (Lipinski definition) is 1. The Morgan fingerprint density at radius 1 is 1.56 bits per heavy atom. The molecule has 2 rings (SSSR count). The van der Waals surface area contributed by atoms with Crippen LogP contribution in [0.25, 0.3) is 0 Å². The zero-order chi connectivity index (χ0) is 13.6. The molecule has 1 aliphatic heterocycles. The molecule has 0 aromatic carbocycles. The van der Waals surface area contributed by atoms with Crippen LogP contribution in [-0.2, 0) is 21.9 Å². The first-order chi connectivity index (χ1) is 8.27. The van der Waals surface area contributed by atoms with Gasteiger partial charge in [0.15, 0.2) is 5.03 Å². The fourth-order valence-corrected chi connectivity index (χ4v) is 3.71. The van der Waals surface area contributed by atoms with Gasteiger partial charge in [-0.15, -0.1) is 0 Å². The number of aliphatic carboxylic acids is 1. The van der Waals surface area contributed by atoms with E-state index in [4.69, 9.17) is 5.11 Å². The Hall–Kier alpha value is -1.41. The van der Waals surface area contributed by atoms with Crippen LogP contribution in [-0.4, -0.2) is 46.7 Å². The van der Waals surface area contributed by atoms with Crippen molar-refractivity contribution in [3.63, 3.8) is 0 Å². The van der Waals surface area contributed by atoms with E-state index in [1.165, 1.54) is 21.3 Å². The van der Waals surface area contributed by atoms with Gasteiger partial charge in [-0.1, -0.05) is 0 Å². The predicted octanol–water partition coefficient (Wildman–Crippen LogP) is -0.0946. The van der Waals surface area contributed by atoms with Crippen LogP contribution < -0.4 is 0 Å². The molecule has 100 valence electrons. The van der Waals surface area contributed by atoms with E-state index in [1.807, 2.05) is 0 Å². The van der Waals surface area contributed by atoms with E-state index in [9.17, 15) is 13.2 Å². The maximum absolute atomic E-state index is 12.3. The summed E-state index contributed by atoms with van der Waals surface area (Å²) in [6, 6.07) is 1.41. The lowest BCUT2D eigenvalue weighted by molar-refractivity contribution is -0.146. The maximum Gasteiger partial charge on any atom is 0.310 e. The Kier molecular flexibility index (Phi) is 2.94. The van der Waals surface area contributed by atoms with Gasteiger partial charge >= 0.3 is 5.97 Å². The minimum absolute atomic E-state index is 0.00412. The Balaban J connectivity index is 2.30. The number of carboxylic acids is 1. The highest BCUT2D eigenvalue weighted by atomic mass is 32.2. The normalized spacial score (nSPS) is 25.4. The highest BCUT2D eigenvalue weighted by molar-refractivity contribution is 7.89. The first kappa shape index (κ1) is 13.0. The van der Waals surface area contributed by atoms with E-state index < -0.39 is 21.4 Å². The van der Waals surface area contributed by atoms with Crippen LogP contribution in [0.5, 0.6) is 0 Å². The molecular formula is C10H15N3O4S. The number of aromatic nitrogens is 2. The lowest BCUT2D eigenvalue weighted by atomic mass is 9.90. The van der Waals surface area contributed by atoms with Crippen LogP contribution in [0.4, 0.5) is 0 Å². The highest BCUT2D eigenvalue weighted by Gasteiger charge is 2.45. The monoisotopic (exact) mass is 273 g/mol. The minimum Gasteiger partial charge on any atom is -0.481 e. The summed E-state index contributed by atoms with van der Waals surface area (Å²) < 4.78 is 27.1. The van der Waals surface area contributed by atoms with Gasteiger partial charge in [0.05, 0.1) is 11.6 Å². The standard InChI is InChI=1S/C10H15N3O4S/c1-10(9(14)15)4-6-13(7-10)18(16,17)8-3-5-11-12(8)2/h3,5H,4,6-7H2,1-2H3,(H,14,15). The third kappa shape index (κ3) is 1.91. The second-order valence-corrected chi connectivity index (χ2v) is 6.63. The van der Waals surface area contributed by atoms with Crippen molar-refractivity contribution in [3.05, 3.63) is 12.3 Å². The molecule has 0 aliphatic carbocycles. The van der Waals surface area contributed by atoms with Crippen molar-refractivity contribution in [2.75, 3.05) is 13.1 Å². The molecule has 1 aromatic rings. The molecule has 7 nitrogen and oxygen atoms in total. The van der Waals surface area contributed by atoms with E-state index in [2.05, 4.69) is 5.10 Å². The molecule has 2 heterocycles. The largest absolute Gasteiger partial charge is 0.481 e. The Morgan fingerprint density at radius 3 is 2.67 bits per heavy atom. The average molecular weight is 273 g/mol. The molecular weight excluding hydrogens is 258 g/mol. The number of carboxylic acid groups (broad SMARTS) is 1. The average Bonchev–Trinajstić information content (AvgIpc) is 2.86. The zero-order valence-corrected chi connectivity index (χ0v) is 11.0. The van der Waals surface area contributed by atoms with Gasteiger partial charge in [0.1, 0.15) is 0 Å². The fraction of sp³-hybridized carbons (Fsp3) is 0.600. The number of carbonyl (C=O) groups is 1. The van der Waals surface area contributed by atoms with Crippen molar-refractivity contribution in [1.29, 1.82) is 0 Å². The second kappa shape index (κ2) is 4.06. The summed E-state index contributed by atoms with van der Waals surface area (Å²) in [7, 11) is -2.12. The minimum atomic E-state index is -3.66. The van der Waals surface area contributed by atoms with Crippen molar-refractivity contribution in [2.45, 2.75) is 18.4 Å². The molecule has 1 saturated heterocycles. The molecule has 1 unspecified atom stereocenters. The van der Waals surface area contributed by atoms with Gasteiger partial charge in [-0.2, -0.15) is 9.40 Å². The van der Waals surface area contributed by atoms with Gasteiger partial charge in [-0.3, -0.25) is 9.48 Å². The van der Waals surface area contributed by atoms with Crippen molar-refractivity contribution in [2.24, 2.45) is 12.5 Å². The first-order valence-electron chi connectivity index (χ1n) is 5.49. The van der Waals surface area contributed by atoms with Crippen molar-refractivity contribution >= 4 is 16.0 Å². The van der Waals surface area contributed by atoms with Gasteiger partial charge in [0.25, 0.3) is 10.0 Å². The summed E-state index contributed by atoms with van der Waals surface area (Å²) in [5.74, 6) is -0.967.